The van der Waals surface area contributed by atoms with Crippen LogP contribution in [0.15, 0.2) is 54.9 Å². The summed E-state index contributed by atoms with van der Waals surface area (Å²) in [5, 5.41) is 12.3. The average molecular weight is 411 g/mol. The number of rotatable bonds is 6. The smallest absolute Gasteiger partial charge is 0.159 e. The number of H-pyrrole nitrogens is 2. The molecular weight excluding hydrogens is 384 g/mol. The lowest BCUT2D eigenvalue weighted by molar-refractivity contribution is 0.551. The molecule has 0 saturated carbocycles. The Morgan fingerprint density at radius 1 is 1.03 bits per heavy atom. The second-order valence-corrected chi connectivity index (χ2v) is 8.43. The lowest BCUT2D eigenvalue weighted by Gasteiger charge is -2.13. The van der Waals surface area contributed by atoms with Gasteiger partial charge >= 0.3 is 0 Å². The molecule has 0 aliphatic rings. The molecule has 0 aliphatic heterocycles. The Kier molecular flexibility index (Phi) is 5.00. The molecule has 5 aromatic rings. The van der Waals surface area contributed by atoms with Crippen LogP contribution in [-0.4, -0.2) is 31.7 Å². The van der Waals surface area contributed by atoms with Crippen LogP contribution in [0.1, 0.15) is 25.0 Å². The van der Waals surface area contributed by atoms with E-state index in [0.29, 0.717) is 5.92 Å². The van der Waals surface area contributed by atoms with Crippen LogP contribution in [-0.2, 0) is 6.54 Å². The minimum atomic E-state index is 0.625. The first-order valence-corrected chi connectivity index (χ1v) is 10.7. The highest BCUT2D eigenvalue weighted by Crippen LogP contribution is 2.31. The van der Waals surface area contributed by atoms with Crippen LogP contribution in [0.5, 0.6) is 0 Å². The number of nitrogens with zero attached hydrogens (tertiary/aromatic N) is 3. The van der Waals surface area contributed by atoms with Gasteiger partial charge in [-0.1, -0.05) is 32.0 Å². The second-order valence-electron chi connectivity index (χ2n) is 8.43. The highest BCUT2D eigenvalue weighted by molar-refractivity contribution is 5.95. The molecule has 3 heterocycles. The molecule has 0 atom stereocenters. The maximum Gasteiger partial charge on any atom is 0.159 e. The van der Waals surface area contributed by atoms with Crippen molar-refractivity contribution in [3.8, 4) is 22.6 Å². The van der Waals surface area contributed by atoms with E-state index in [0.717, 1.165) is 57.7 Å². The van der Waals surface area contributed by atoms with E-state index in [-0.39, 0.29) is 0 Å². The zero-order chi connectivity index (χ0) is 21.4. The van der Waals surface area contributed by atoms with Gasteiger partial charge in [0.25, 0.3) is 0 Å². The lowest BCUT2D eigenvalue weighted by atomic mass is 9.98. The molecule has 0 spiro atoms. The van der Waals surface area contributed by atoms with Gasteiger partial charge in [-0.3, -0.25) is 10.1 Å². The molecular formula is C25H26N6. The van der Waals surface area contributed by atoms with Gasteiger partial charge in [0.1, 0.15) is 5.69 Å². The molecule has 3 N–H and O–H groups in total. The van der Waals surface area contributed by atoms with Crippen LogP contribution in [0, 0.1) is 12.8 Å². The topological polar surface area (TPSA) is 82.3 Å². The summed E-state index contributed by atoms with van der Waals surface area (Å²) in [6.07, 6.45) is 3.90. The number of fused-ring (bicyclic) bond motifs is 2. The molecule has 3 aromatic heterocycles. The van der Waals surface area contributed by atoms with Gasteiger partial charge in [0, 0.05) is 29.9 Å². The van der Waals surface area contributed by atoms with Gasteiger partial charge in [-0.25, -0.2) is 4.98 Å². The summed E-state index contributed by atoms with van der Waals surface area (Å²) in [5.41, 5.74) is 8.52. The van der Waals surface area contributed by atoms with Crippen LogP contribution in [0.3, 0.4) is 0 Å². The Hall–Kier alpha value is -3.51. The third-order valence-electron chi connectivity index (χ3n) is 5.68. The molecule has 0 aliphatic carbocycles. The number of para-hydroxylation sites is 2. The Bertz CT molecular complexity index is 1330. The molecule has 0 unspecified atom stereocenters. The first kappa shape index (κ1) is 19.5. The molecule has 5 rings (SSSR count). The van der Waals surface area contributed by atoms with Crippen LogP contribution in [0.2, 0.25) is 0 Å². The predicted molar refractivity (Wildman–Crippen MR) is 126 cm³/mol. The normalized spacial score (nSPS) is 11.7. The number of imidazole rings is 1. The number of benzene rings is 2. The third-order valence-corrected chi connectivity index (χ3v) is 5.68. The maximum atomic E-state index is 4.70. The Morgan fingerprint density at radius 2 is 1.90 bits per heavy atom. The van der Waals surface area contributed by atoms with Gasteiger partial charge in [0.15, 0.2) is 5.82 Å². The largest absolute Gasteiger partial charge is 0.337 e. The molecule has 0 saturated heterocycles. The van der Waals surface area contributed by atoms with Crippen molar-refractivity contribution in [1.29, 1.82) is 0 Å². The van der Waals surface area contributed by atoms with E-state index < -0.39 is 0 Å². The zero-order valence-corrected chi connectivity index (χ0v) is 18.0. The van der Waals surface area contributed by atoms with Crippen molar-refractivity contribution < 1.29 is 0 Å². The minimum absolute atomic E-state index is 0.625. The summed E-state index contributed by atoms with van der Waals surface area (Å²) >= 11 is 0. The van der Waals surface area contributed by atoms with Crippen LogP contribution in [0.25, 0.3) is 44.6 Å². The van der Waals surface area contributed by atoms with Crippen molar-refractivity contribution >= 4 is 21.9 Å². The summed E-state index contributed by atoms with van der Waals surface area (Å²) in [7, 11) is 0. The van der Waals surface area contributed by atoms with Gasteiger partial charge in [-0.2, -0.15) is 5.10 Å². The number of hydrogen-bond acceptors (Lipinski definition) is 4. The number of hydrogen-bond donors (Lipinski definition) is 3. The van der Waals surface area contributed by atoms with E-state index in [9.17, 15) is 0 Å². The van der Waals surface area contributed by atoms with E-state index in [1.165, 1.54) is 11.1 Å². The molecule has 2 aromatic carbocycles. The van der Waals surface area contributed by atoms with Crippen molar-refractivity contribution in [3.63, 3.8) is 0 Å². The fraction of sp³-hybridized carbons (Fsp3) is 0.240. The summed E-state index contributed by atoms with van der Waals surface area (Å²) < 4.78 is 0. The van der Waals surface area contributed by atoms with Gasteiger partial charge in [0.2, 0.25) is 0 Å². The maximum absolute atomic E-state index is 4.70. The zero-order valence-electron chi connectivity index (χ0n) is 18.0. The summed E-state index contributed by atoms with van der Waals surface area (Å²) in [6, 6.07) is 14.4. The van der Waals surface area contributed by atoms with Gasteiger partial charge in [0.05, 0.1) is 16.6 Å². The van der Waals surface area contributed by atoms with Gasteiger partial charge in [-0.15, -0.1) is 0 Å². The molecule has 6 heteroatoms. The summed E-state index contributed by atoms with van der Waals surface area (Å²) in [6.45, 7) is 8.42. The number of pyridine rings is 1. The van der Waals surface area contributed by atoms with Crippen LogP contribution in [0.4, 0.5) is 0 Å². The van der Waals surface area contributed by atoms with Gasteiger partial charge in [-0.05, 0) is 60.3 Å². The summed E-state index contributed by atoms with van der Waals surface area (Å²) in [5.74, 6) is 1.40. The number of aromatic nitrogens is 5. The monoisotopic (exact) mass is 410 g/mol. The van der Waals surface area contributed by atoms with Crippen molar-refractivity contribution in [2.45, 2.75) is 27.3 Å². The van der Waals surface area contributed by atoms with Crippen molar-refractivity contribution in [1.82, 2.24) is 30.5 Å². The number of nitrogens with one attached hydrogen (secondary N) is 3. The standard InChI is InChI=1S/C25H26N6/c1-15(2)11-26-12-18-13-27-14-20(16(18)3)17-8-9-19-23(10-17)30-31-24(19)25-28-21-6-4-5-7-22(21)29-25/h4-10,13-15,26H,11-12H2,1-3H3,(H,28,29)(H,30,31). The quantitative estimate of drug-likeness (QED) is 0.358. The van der Waals surface area contributed by atoms with Crippen molar-refractivity contribution in [2.24, 2.45) is 5.92 Å². The van der Waals surface area contributed by atoms with Crippen LogP contribution >= 0.6 is 0 Å². The second kappa shape index (κ2) is 7.96. The molecule has 31 heavy (non-hydrogen) atoms. The highest BCUT2D eigenvalue weighted by atomic mass is 15.1. The first-order valence-electron chi connectivity index (χ1n) is 10.7. The molecule has 0 fully saturated rings. The molecule has 0 radical (unpaired) electrons. The molecule has 156 valence electrons. The Balaban J connectivity index is 1.49. The Labute approximate surface area is 181 Å². The molecule has 0 amide bonds. The fourth-order valence-corrected chi connectivity index (χ4v) is 3.97. The fourth-order valence-electron chi connectivity index (χ4n) is 3.97. The lowest BCUT2D eigenvalue weighted by Crippen LogP contribution is -2.19. The number of aromatic amines is 2. The average Bonchev–Trinajstić information content (AvgIpc) is 3.38. The summed E-state index contributed by atoms with van der Waals surface area (Å²) in [4.78, 5) is 12.6. The van der Waals surface area contributed by atoms with E-state index in [2.05, 4.69) is 64.5 Å². The van der Waals surface area contributed by atoms with E-state index in [1.54, 1.807) is 0 Å². The predicted octanol–water partition coefficient (Wildman–Crippen LogP) is 5.22. The van der Waals surface area contributed by atoms with Gasteiger partial charge < -0.3 is 10.3 Å². The molecule has 0 bridgehead atoms. The SMILES string of the molecule is Cc1c(CNCC(C)C)cncc1-c1ccc2c(-c3nc4ccccc4[nH]3)n[nH]c2c1. The third kappa shape index (κ3) is 3.70. The minimum Gasteiger partial charge on any atom is -0.337 e. The first-order chi connectivity index (χ1) is 15.1. The van der Waals surface area contributed by atoms with Crippen LogP contribution < -0.4 is 5.32 Å². The Morgan fingerprint density at radius 3 is 2.74 bits per heavy atom. The van der Waals surface area contributed by atoms with E-state index in [1.807, 2.05) is 36.7 Å². The van der Waals surface area contributed by atoms with E-state index in [4.69, 9.17) is 4.98 Å². The highest BCUT2D eigenvalue weighted by Gasteiger charge is 2.14. The van der Waals surface area contributed by atoms with Crippen molar-refractivity contribution in [3.05, 3.63) is 66.0 Å². The van der Waals surface area contributed by atoms with E-state index >= 15 is 0 Å². The molecule has 6 nitrogen and oxygen atoms in total. The van der Waals surface area contributed by atoms with Crippen molar-refractivity contribution in [2.75, 3.05) is 6.54 Å².